The fourth-order valence-corrected chi connectivity index (χ4v) is 2.95. The van der Waals surface area contributed by atoms with Gasteiger partial charge in [-0.15, -0.1) is 0 Å². The molecule has 2 amide bonds. The van der Waals surface area contributed by atoms with E-state index >= 15 is 0 Å². The average molecular weight is 343 g/mol. The molecule has 0 bridgehead atoms. The molecule has 0 radical (unpaired) electrons. The summed E-state index contributed by atoms with van der Waals surface area (Å²) in [5.41, 5.74) is 5.33. The van der Waals surface area contributed by atoms with Gasteiger partial charge in [0.05, 0.1) is 23.4 Å². The van der Waals surface area contributed by atoms with Crippen LogP contribution in [0.4, 0.5) is 5.69 Å². The Balaban J connectivity index is 2.22. The molecule has 2 aromatic rings. The summed E-state index contributed by atoms with van der Waals surface area (Å²) in [5.74, 6) is -0.991. The highest BCUT2D eigenvalue weighted by atomic mass is 16.2. The first-order valence-corrected chi connectivity index (χ1v) is 7.52. The summed E-state index contributed by atoms with van der Waals surface area (Å²) < 4.78 is 2.19. The second kappa shape index (κ2) is 5.93. The molecule has 1 atom stereocenters. The summed E-state index contributed by atoms with van der Waals surface area (Å²) in [6.45, 7) is -0.200. The number of nitrogens with two attached hydrogens (primary N) is 1. The van der Waals surface area contributed by atoms with Crippen molar-refractivity contribution in [2.24, 2.45) is 19.8 Å². The molecule has 3 N–H and O–H groups in total. The van der Waals surface area contributed by atoms with Gasteiger partial charge in [0.1, 0.15) is 6.17 Å². The van der Waals surface area contributed by atoms with Crippen LogP contribution in [0.25, 0.3) is 0 Å². The maximum Gasteiger partial charge on any atom is 0.330 e. The maximum atomic E-state index is 12.5. The number of fused-ring (bicyclic) bond motifs is 1. The van der Waals surface area contributed by atoms with E-state index in [0.29, 0.717) is 11.3 Å². The van der Waals surface area contributed by atoms with Gasteiger partial charge in [-0.1, -0.05) is 12.1 Å². The number of aryl methyl sites for hydroxylation is 1. The third-order valence-corrected chi connectivity index (χ3v) is 4.13. The van der Waals surface area contributed by atoms with E-state index in [1.165, 1.54) is 24.9 Å². The topological polar surface area (TPSA) is 119 Å². The van der Waals surface area contributed by atoms with Crippen LogP contribution in [0.1, 0.15) is 22.1 Å². The molecule has 0 unspecified atom stereocenters. The van der Waals surface area contributed by atoms with Gasteiger partial charge in [-0.25, -0.2) is 4.79 Å². The van der Waals surface area contributed by atoms with Crippen LogP contribution in [0.15, 0.2) is 40.1 Å². The van der Waals surface area contributed by atoms with Gasteiger partial charge in [0.2, 0.25) is 5.91 Å². The maximum absolute atomic E-state index is 12.5. The summed E-state index contributed by atoms with van der Waals surface area (Å²) in [5, 5.41) is 2.71. The first kappa shape index (κ1) is 16.5. The number of anilines is 1. The Morgan fingerprint density at radius 2 is 1.88 bits per heavy atom. The van der Waals surface area contributed by atoms with Crippen molar-refractivity contribution in [3.63, 3.8) is 0 Å². The van der Waals surface area contributed by atoms with E-state index in [2.05, 4.69) is 5.32 Å². The van der Waals surface area contributed by atoms with E-state index in [1.807, 2.05) is 0 Å². The zero-order valence-corrected chi connectivity index (χ0v) is 13.7. The number of primary amides is 1. The van der Waals surface area contributed by atoms with Crippen molar-refractivity contribution in [2.75, 3.05) is 11.4 Å². The third kappa shape index (κ3) is 2.69. The molecule has 0 fully saturated rings. The second-order valence-corrected chi connectivity index (χ2v) is 5.83. The number of carbonyl (C=O) groups excluding carboxylic acids is 2. The van der Waals surface area contributed by atoms with Crippen LogP contribution in [-0.4, -0.2) is 27.5 Å². The molecule has 0 spiro atoms. The van der Waals surface area contributed by atoms with Gasteiger partial charge in [-0.2, -0.15) is 0 Å². The van der Waals surface area contributed by atoms with Crippen molar-refractivity contribution in [2.45, 2.75) is 6.17 Å². The van der Waals surface area contributed by atoms with Gasteiger partial charge in [0, 0.05) is 20.3 Å². The number of nitrogens with one attached hydrogen (secondary N) is 1. The van der Waals surface area contributed by atoms with E-state index in [1.54, 1.807) is 29.2 Å². The molecule has 1 aromatic carbocycles. The van der Waals surface area contributed by atoms with Gasteiger partial charge in [0.25, 0.3) is 11.5 Å². The molecule has 1 aliphatic heterocycles. The zero-order chi connectivity index (χ0) is 18.3. The van der Waals surface area contributed by atoms with E-state index in [0.717, 1.165) is 4.57 Å². The van der Waals surface area contributed by atoms with Crippen LogP contribution < -0.4 is 27.2 Å². The highest BCUT2D eigenvalue weighted by molar-refractivity contribution is 6.02. The van der Waals surface area contributed by atoms with Gasteiger partial charge in [0.15, 0.2) is 0 Å². The quantitative estimate of drug-likeness (QED) is 0.727. The van der Waals surface area contributed by atoms with Crippen molar-refractivity contribution in [1.29, 1.82) is 0 Å². The van der Waals surface area contributed by atoms with Crippen molar-refractivity contribution < 1.29 is 9.59 Å². The zero-order valence-electron chi connectivity index (χ0n) is 13.7. The van der Waals surface area contributed by atoms with Crippen molar-refractivity contribution in [1.82, 2.24) is 14.5 Å². The van der Waals surface area contributed by atoms with E-state index in [-0.39, 0.29) is 18.0 Å². The summed E-state index contributed by atoms with van der Waals surface area (Å²) in [6.07, 6.45) is 0.442. The molecule has 0 saturated carbocycles. The molecular weight excluding hydrogens is 326 g/mol. The number of amides is 2. The number of rotatable bonds is 3. The lowest BCUT2D eigenvalue weighted by atomic mass is 10.0. The van der Waals surface area contributed by atoms with E-state index in [4.69, 9.17) is 5.73 Å². The molecule has 0 aliphatic carbocycles. The summed E-state index contributed by atoms with van der Waals surface area (Å²) >= 11 is 0. The first-order chi connectivity index (χ1) is 11.8. The number of para-hydroxylation sites is 1. The summed E-state index contributed by atoms with van der Waals surface area (Å²) in [7, 11) is 2.85. The lowest BCUT2D eigenvalue weighted by molar-refractivity contribution is -0.116. The largest absolute Gasteiger partial charge is 0.368 e. The molecule has 25 heavy (non-hydrogen) atoms. The highest BCUT2D eigenvalue weighted by Gasteiger charge is 2.34. The van der Waals surface area contributed by atoms with Gasteiger partial charge < -0.3 is 20.5 Å². The molecule has 1 aromatic heterocycles. The second-order valence-electron chi connectivity index (χ2n) is 5.83. The first-order valence-electron chi connectivity index (χ1n) is 7.52. The number of hydrogen-bond donors (Lipinski definition) is 2. The summed E-state index contributed by atoms with van der Waals surface area (Å²) in [4.78, 5) is 49.9. The van der Waals surface area contributed by atoms with Crippen LogP contribution in [0, 0.1) is 0 Å². The Hall–Kier alpha value is -3.36. The van der Waals surface area contributed by atoms with Crippen molar-refractivity contribution in [3.8, 4) is 0 Å². The van der Waals surface area contributed by atoms with Crippen LogP contribution >= 0.6 is 0 Å². The van der Waals surface area contributed by atoms with Gasteiger partial charge >= 0.3 is 5.69 Å². The molecule has 3 rings (SSSR count). The van der Waals surface area contributed by atoms with Gasteiger partial charge in [-0.05, 0) is 12.1 Å². The Morgan fingerprint density at radius 3 is 2.56 bits per heavy atom. The minimum absolute atomic E-state index is 0.161. The summed E-state index contributed by atoms with van der Waals surface area (Å²) in [6, 6.07) is 6.72. The smallest absolute Gasteiger partial charge is 0.330 e. The molecule has 1 aliphatic rings. The SMILES string of the molecule is Cn1cc([C@H]2NC(=O)c3ccccc3N2CC(N)=O)c(=O)n(C)c1=O. The minimum atomic E-state index is -0.916. The fraction of sp³-hybridized carbons (Fsp3) is 0.250. The number of carbonyl (C=O) groups is 2. The predicted octanol–water partition coefficient (Wildman–Crippen LogP) is -1.18. The lowest BCUT2D eigenvalue weighted by Crippen LogP contribution is -2.52. The Kier molecular flexibility index (Phi) is 3.91. The molecule has 2 heterocycles. The van der Waals surface area contributed by atoms with Crippen LogP contribution in [-0.2, 0) is 18.9 Å². The monoisotopic (exact) mass is 343 g/mol. The van der Waals surface area contributed by atoms with Crippen molar-refractivity contribution >= 4 is 17.5 Å². The Bertz CT molecular complexity index is 991. The average Bonchev–Trinajstić information content (AvgIpc) is 2.58. The fourth-order valence-electron chi connectivity index (χ4n) is 2.95. The molecule has 9 nitrogen and oxygen atoms in total. The molecule has 0 saturated heterocycles. The standard InChI is InChI=1S/C16H17N5O4/c1-19-7-10(15(24)20(2)16(19)25)13-18-14(23)9-5-3-4-6-11(9)21(13)8-12(17)22/h3-7,13H,8H2,1-2H3,(H2,17,22)(H,18,23)/t13-/m0/s1. The number of nitrogens with zero attached hydrogens (tertiary/aromatic N) is 3. The predicted molar refractivity (Wildman–Crippen MR) is 90.1 cm³/mol. The van der Waals surface area contributed by atoms with Crippen LogP contribution in [0.5, 0.6) is 0 Å². The number of benzene rings is 1. The minimum Gasteiger partial charge on any atom is -0.368 e. The van der Waals surface area contributed by atoms with E-state index in [9.17, 15) is 19.2 Å². The molecule has 9 heteroatoms. The number of hydrogen-bond acceptors (Lipinski definition) is 5. The van der Waals surface area contributed by atoms with E-state index < -0.39 is 23.3 Å². The van der Waals surface area contributed by atoms with Crippen molar-refractivity contribution in [3.05, 3.63) is 62.4 Å². The van der Waals surface area contributed by atoms with Gasteiger partial charge in [-0.3, -0.25) is 19.0 Å². The van der Waals surface area contributed by atoms with Crippen LogP contribution in [0.3, 0.4) is 0 Å². The number of aromatic nitrogens is 2. The third-order valence-electron chi connectivity index (χ3n) is 4.13. The lowest BCUT2D eigenvalue weighted by Gasteiger charge is -2.38. The highest BCUT2D eigenvalue weighted by Crippen LogP contribution is 2.31. The Morgan fingerprint density at radius 1 is 1.20 bits per heavy atom. The Labute approximate surface area is 142 Å². The van der Waals surface area contributed by atoms with Crippen LogP contribution in [0.2, 0.25) is 0 Å². The molecule has 130 valence electrons. The molecular formula is C16H17N5O4. The normalized spacial score (nSPS) is 16.3.